The zero-order chi connectivity index (χ0) is 24.4. The second-order valence-electron chi connectivity index (χ2n) is 8.35. The van der Waals surface area contributed by atoms with E-state index in [0.29, 0.717) is 17.9 Å². The zero-order valence-corrected chi connectivity index (χ0v) is 18.5. The smallest absolute Gasteiger partial charge is 0.326 e. The highest BCUT2D eigenvalue weighted by atomic mass is 16.4. The summed E-state index contributed by atoms with van der Waals surface area (Å²) in [4.78, 5) is 45.2. The predicted octanol–water partition coefficient (Wildman–Crippen LogP) is 1.08. The number of aliphatic carboxylic acids is 2. The number of benzene rings is 1. The molecule has 1 aliphatic carbocycles. The van der Waals surface area contributed by atoms with Gasteiger partial charge in [0.25, 0.3) is 5.91 Å². The molecule has 1 aromatic carbocycles. The second kappa shape index (κ2) is 9.38. The van der Waals surface area contributed by atoms with Crippen LogP contribution in [0.25, 0.3) is 5.57 Å². The Hall–Kier alpha value is -4.15. The summed E-state index contributed by atoms with van der Waals surface area (Å²) in [7, 11) is 0. The molecule has 34 heavy (non-hydrogen) atoms. The van der Waals surface area contributed by atoms with E-state index in [0.717, 1.165) is 53.9 Å². The standard InChI is InChI=1S/C23H26N6O5/c24-20-19-12(1-3-15(19)27-23(25)28-20)7-9-29-10-8-13-11-14(2-5-17(13)29)21(32)26-16(22(33)34)4-6-18(30)31/h2,5,7,11,16H,1,3-4,6,8-10H2,(H,26,32)(H,30,31)(H,33,34)(H4,24,25,27,28)/t16-/m0/s1. The fraction of sp³-hybridized carbons (Fsp3) is 0.348. The molecule has 0 saturated heterocycles. The van der Waals surface area contributed by atoms with Crippen molar-refractivity contribution < 1.29 is 24.6 Å². The van der Waals surface area contributed by atoms with Crippen LogP contribution < -0.4 is 21.7 Å². The van der Waals surface area contributed by atoms with Crippen molar-refractivity contribution in [2.24, 2.45) is 0 Å². The number of nitrogens with zero attached hydrogens (tertiary/aromatic N) is 3. The maximum Gasteiger partial charge on any atom is 0.326 e. The first kappa shape index (κ1) is 23.0. The average Bonchev–Trinajstić information content (AvgIpc) is 3.38. The summed E-state index contributed by atoms with van der Waals surface area (Å²) >= 11 is 0. The number of amides is 1. The van der Waals surface area contributed by atoms with E-state index in [9.17, 15) is 19.5 Å². The molecule has 0 fully saturated rings. The third-order valence-electron chi connectivity index (χ3n) is 6.12. The first-order valence-corrected chi connectivity index (χ1v) is 11.0. The van der Waals surface area contributed by atoms with E-state index >= 15 is 0 Å². The maximum absolute atomic E-state index is 12.6. The SMILES string of the molecule is Nc1nc(N)c2c(n1)CCC2=CCN1CCc2cc(C(=O)N[C@@H](CCC(=O)O)C(=O)O)ccc21. The summed E-state index contributed by atoms with van der Waals surface area (Å²) in [6.07, 6.45) is 3.94. The van der Waals surface area contributed by atoms with Crippen LogP contribution in [0.5, 0.6) is 0 Å². The first-order chi connectivity index (χ1) is 16.2. The number of nitrogen functional groups attached to an aromatic ring is 2. The normalized spacial score (nSPS) is 16.2. The molecule has 11 heteroatoms. The number of carboxylic acids is 2. The highest BCUT2D eigenvalue weighted by Crippen LogP contribution is 2.35. The number of nitrogens with one attached hydrogen (secondary N) is 1. The Balaban J connectivity index is 1.44. The molecule has 4 rings (SSSR count). The average molecular weight is 466 g/mol. The van der Waals surface area contributed by atoms with Crippen LogP contribution in [-0.2, 0) is 22.4 Å². The van der Waals surface area contributed by atoms with Crippen LogP contribution in [-0.4, -0.2) is 57.2 Å². The molecule has 178 valence electrons. The minimum atomic E-state index is -1.27. The molecule has 0 radical (unpaired) electrons. The van der Waals surface area contributed by atoms with Gasteiger partial charge in [0.15, 0.2) is 0 Å². The first-order valence-electron chi connectivity index (χ1n) is 11.0. The van der Waals surface area contributed by atoms with Gasteiger partial charge in [0.05, 0.1) is 5.69 Å². The second-order valence-corrected chi connectivity index (χ2v) is 8.35. The molecule has 11 nitrogen and oxygen atoms in total. The van der Waals surface area contributed by atoms with Gasteiger partial charge in [-0.05, 0) is 55.0 Å². The molecule has 2 aliphatic rings. The van der Waals surface area contributed by atoms with Crippen LogP contribution >= 0.6 is 0 Å². The quantitative estimate of drug-likeness (QED) is 0.377. The molecule has 2 heterocycles. The Morgan fingerprint density at radius 1 is 1.15 bits per heavy atom. The fourth-order valence-electron chi connectivity index (χ4n) is 4.45. The lowest BCUT2D eigenvalue weighted by Crippen LogP contribution is -2.41. The topological polar surface area (TPSA) is 185 Å². The lowest BCUT2D eigenvalue weighted by molar-refractivity contribution is -0.140. The molecule has 0 unspecified atom stereocenters. The lowest BCUT2D eigenvalue weighted by Gasteiger charge is -2.18. The number of fused-ring (bicyclic) bond motifs is 2. The number of hydrogen-bond acceptors (Lipinski definition) is 8. The molecule has 0 bridgehead atoms. The number of hydrogen-bond donors (Lipinski definition) is 5. The van der Waals surface area contributed by atoms with Crippen LogP contribution in [0, 0.1) is 0 Å². The molecule has 1 amide bonds. The Morgan fingerprint density at radius 2 is 1.94 bits per heavy atom. The Kier molecular flexibility index (Phi) is 6.35. The van der Waals surface area contributed by atoms with E-state index < -0.39 is 23.9 Å². The number of allylic oxidation sites excluding steroid dienone is 1. The minimum Gasteiger partial charge on any atom is -0.481 e. The van der Waals surface area contributed by atoms with Crippen LogP contribution in [0.4, 0.5) is 17.5 Å². The Labute approximate surface area is 195 Å². The molecule has 1 aliphatic heterocycles. The van der Waals surface area contributed by atoms with Gasteiger partial charge in [0.1, 0.15) is 11.9 Å². The monoisotopic (exact) mass is 466 g/mol. The molecule has 2 aromatic rings. The van der Waals surface area contributed by atoms with Gasteiger partial charge in [-0.3, -0.25) is 9.59 Å². The predicted molar refractivity (Wildman–Crippen MR) is 125 cm³/mol. The number of carbonyl (C=O) groups is 3. The van der Waals surface area contributed by atoms with Crippen LogP contribution in [0.2, 0.25) is 0 Å². The zero-order valence-electron chi connectivity index (χ0n) is 18.5. The fourth-order valence-corrected chi connectivity index (χ4v) is 4.45. The summed E-state index contributed by atoms with van der Waals surface area (Å²) in [6.45, 7) is 1.44. The van der Waals surface area contributed by atoms with E-state index in [4.69, 9.17) is 16.6 Å². The van der Waals surface area contributed by atoms with Gasteiger partial charge in [-0.25, -0.2) is 9.78 Å². The highest BCUT2D eigenvalue weighted by Gasteiger charge is 2.25. The molecule has 1 aromatic heterocycles. The molecular formula is C23H26N6O5. The van der Waals surface area contributed by atoms with E-state index in [1.807, 2.05) is 6.07 Å². The highest BCUT2D eigenvalue weighted by molar-refractivity contribution is 5.97. The number of aryl methyl sites for hydroxylation is 1. The van der Waals surface area contributed by atoms with E-state index in [-0.39, 0.29) is 18.8 Å². The Morgan fingerprint density at radius 3 is 2.68 bits per heavy atom. The minimum absolute atomic E-state index is 0.183. The Bertz CT molecular complexity index is 1190. The van der Waals surface area contributed by atoms with E-state index in [1.165, 1.54) is 0 Å². The third kappa shape index (κ3) is 4.77. The van der Waals surface area contributed by atoms with Gasteiger partial charge in [0.2, 0.25) is 5.95 Å². The number of rotatable bonds is 8. The summed E-state index contributed by atoms with van der Waals surface area (Å²) < 4.78 is 0. The van der Waals surface area contributed by atoms with Crippen molar-refractivity contribution in [3.63, 3.8) is 0 Å². The third-order valence-corrected chi connectivity index (χ3v) is 6.12. The van der Waals surface area contributed by atoms with Crippen molar-refractivity contribution in [1.82, 2.24) is 15.3 Å². The molecule has 7 N–H and O–H groups in total. The lowest BCUT2D eigenvalue weighted by atomic mass is 10.1. The summed E-state index contributed by atoms with van der Waals surface area (Å²) in [5, 5.41) is 20.5. The van der Waals surface area contributed by atoms with Gasteiger partial charge in [-0.15, -0.1) is 0 Å². The summed E-state index contributed by atoms with van der Waals surface area (Å²) in [5.74, 6) is -2.35. The van der Waals surface area contributed by atoms with Crippen molar-refractivity contribution in [1.29, 1.82) is 0 Å². The van der Waals surface area contributed by atoms with Gasteiger partial charge in [0, 0.05) is 36.3 Å². The van der Waals surface area contributed by atoms with Crippen LogP contribution in [0.15, 0.2) is 24.3 Å². The number of aromatic nitrogens is 2. The van der Waals surface area contributed by atoms with Crippen molar-refractivity contribution in [2.75, 3.05) is 29.5 Å². The number of anilines is 3. The molecular weight excluding hydrogens is 440 g/mol. The molecule has 0 saturated carbocycles. The van der Waals surface area contributed by atoms with Crippen molar-refractivity contribution in [2.45, 2.75) is 38.1 Å². The molecule has 1 atom stereocenters. The van der Waals surface area contributed by atoms with Gasteiger partial charge in [-0.2, -0.15) is 4.98 Å². The van der Waals surface area contributed by atoms with E-state index in [1.54, 1.807) is 12.1 Å². The number of nitrogens with two attached hydrogens (primary N) is 2. The van der Waals surface area contributed by atoms with Gasteiger partial charge in [-0.1, -0.05) is 6.08 Å². The molecule has 0 spiro atoms. The van der Waals surface area contributed by atoms with Gasteiger partial charge < -0.3 is 31.9 Å². The van der Waals surface area contributed by atoms with Crippen LogP contribution in [0.1, 0.15) is 46.4 Å². The maximum atomic E-state index is 12.6. The summed E-state index contributed by atoms with van der Waals surface area (Å²) in [5.41, 5.74) is 16.9. The van der Waals surface area contributed by atoms with Crippen LogP contribution in [0.3, 0.4) is 0 Å². The van der Waals surface area contributed by atoms with E-state index in [2.05, 4.69) is 26.3 Å². The number of carboxylic acid groups (broad SMARTS) is 2. The summed E-state index contributed by atoms with van der Waals surface area (Å²) in [6, 6.07) is 3.99. The largest absolute Gasteiger partial charge is 0.481 e. The van der Waals surface area contributed by atoms with Crippen molar-refractivity contribution in [3.8, 4) is 0 Å². The van der Waals surface area contributed by atoms with Gasteiger partial charge >= 0.3 is 11.9 Å². The van der Waals surface area contributed by atoms with Crippen molar-refractivity contribution in [3.05, 3.63) is 46.7 Å². The van der Waals surface area contributed by atoms with Crippen molar-refractivity contribution >= 4 is 40.9 Å². The number of carbonyl (C=O) groups excluding carboxylic acids is 1.